The Kier molecular flexibility index (Phi) is 3.74. The van der Waals surface area contributed by atoms with E-state index in [1.165, 1.54) is 18.2 Å². The highest BCUT2D eigenvalue weighted by Gasteiger charge is 2.07. The maximum Gasteiger partial charge on any atom is 0.168 e. The summed E-state index contributed by atoms with van der Waals surface area (Å²) in [4.78, 5) is 0. The second-order valence-corrected chi connectivity index (χ2v) is 3.98. The second-order valence-electron chi connectivity index (χ2n) is 3.54. The standard InChI is InChI=1S/C13H11FN2OS/c14-9-6-7-12(11(8-9)16-13(15)18)17-10-4-2-1-3-5-10/h1-8H,(H3,15,16,18). The van der Waals surface area contributed by atoms with Gasteiger partial charge in [-0.25, -0.2) is 4.39 Å². The molecule has 3 N–H and O–H groups in total. The number of para-hydroxylation sites is 1. The molecule has 0 fully saturated rings. The zero-order chi connectivity index (χ0) is 13.0. The van der Waals surface area contributed by atoms with Crippen molar-refractivity contribution in [3.8, 4) is 11.5 Å². The Labute approximate surface area is 109 Å². The van der Waals surface area contributed by atoms with E-state index in [0.29, 0.717) is 17.2 Å². The highest BCUT2D eigenvalue weighted by molar-refractivity contribution is 7.80. The molecule has 0 aromatic heterocycles. The Balaban J connectivity index is 2.29. The summed E-state index contributed by atoms with van der Waals surface area (Å²) in [6.07, 6.45) is 0. The van der Waals surface area contributed by atoms with Crippen molar-refractivity contribution in [3.63, 3.8) is 0 Å². The van der Waals surface area contributed by atoms with E-state index in [-0.39, 0.29) is 5.11 Å². The van der Waals surface area contributed by atoms with Crippen LogP contribution in [-0.2, 0) is 0 Å². The molecule has 2 aromatic rings. The van der Waals surface area contributed by atoms with Crippen LogP contribution >= 0.6 is 12.2 Å². The number of thiocarbonyl (C=S) groups is 1. The summed E-state index contributed by atoms with van der Waals surface area (Å²) < 4.78 is 18.8. The van der Waals surface area contributed by atoms with Crippen LogP contribution in [0.25, 0.3) is 0 Å². The third-order valence-corrected chi connectivity index (χ3v) is 2.27. The molecular formula is C13H11FN2OS. The van der Waals surface area contributed by atoms with Gasteiger partial charge in [-0.1, -0.05) is 18.2 Å². The van der Waals surface area contributed by atoms with Crippen LogP contribution in [0.4, 0.5) is 10.1 Å². The highest BCUT2D eigenvalue weighted by atomic mass is 32.1. The molecule has 0 aliphatic rings. The quantitative estimate of drug-likeness (QED) is 0.833. The van der Waals surface area contributed by atoms with Gasteiger partial charge in [0.1, 0.15) is 11.6 Å². The van der Waals surface area contributed by atoms with Crippen molar-refractivity contribution in [1.82, 2.24) is 0 Å². The number of ether oxygens (including phenoxy) is 1. The molecule has 2 aromatic carbocycles. The van der Waals surface area contributed by atoms with Crippen LogP contribution in [-0.4, -0.2) is 5.11 Å². The molecule has 0 heterocycles. The number of rotatable bonds is 3. The molecule has 0 saturated carbocycles. The molecule has 18 heavy (non-hydrogen) atoms. The van der Waals surface area contributed by atoms with Gasteiger partial charge in [-0.15, -0.1) is 0 Å². The third-order valence-electron chi connectivity index (χ3n) is 2.17. The fourth-order valence-electron chi connectivity index (χ4n) is 1.44. The van der Waals surface area contributed by atoms with Gasteiger partial charge in [0.15, 0.2) is 10.9 Å². The Morgan fingerprint density at radius 3 is 2.56 bits per heavy atom. The third kappa shape index (κ3) is 3.18. The second kappa shape index (κ2) is 5.46. The monoisotopic (exact) mass is 262 g/mol. The van der Waals surface area contributed by atoms with Gasteiger partial charge in [0.2, 0.25) is 0 Å². The minimum absolute atomic E-state index is 0.0542. The lowest BCUT2D eigenvalue weighted by Crippen LogP contribution is -2.19. The Bertz CT molecular complexity index is 560. The predicted octanol–water partition coefficient (Wildman–Crippen LogP) is 3.27. The van der Waals surface area contributed by atoms with Crippen LogP contribution in [0.15, 0.2) is 48.5 Å². The fourth-order valence-corrected chi connectivity index (χ4v) is 1.55. The van der Waals surface area contributed by atoms with Crippen molar-refractivity contribution in [3.05, 3.63) is 54.3 Å². The SMILES string of the molecule is NC(=S)Nc1cc(F)ccc1Oc1ccccc1. The van der Waals surface area contributed by atoms with E-state index in [1.807, 2.05) is 18.2 Å². The van der Waals surface area contributed by atoms with Gasteiger partial charge < -0.3 is 15.8 Å². The summed E-state index contributed by atoms with van der Waals surface area (Å²) in [5, 5.41) is 2.73. The molecule has 0 aliphatic heterocycles. The molecule has 0 radical (unpaired) electrons. The van der Waals surface area contributed by atoms with Gasteiger partial charge in [-0.3, -0.25) is 0 Å². The molecule has 0 unspecified atom stereocenters. The van der Waals surface area contributed by atoms with Gasteiger partial charge >= 0.3 is 0 Å². The zero-order valence-corrected chi connectivity index (χ0v) is 10.2. The highest BCUT2D eigenvalue weighted by Crippen LogP contribution is 2.29. The molecule has 5 heteroatoms. The van der Waals surface area contributed by atoms with Crippen LogP contribution < -0.4 is 15.8 Å². The first-order valence-corrected chi connectivity index (χ1v) is 5.65. The number of hydrogen-bond acceptors (Lipinski definition) is 2. The molecule has 0 atom stereocenters. The summed E-state index contributed by atoms with van der Waals surface area (Å²) in [5.74, 6) is 0.708. The molecule has 0 spiro atoms. The predicted molar refractivity (Wildman–Crippen MR) is 73.3 cm³/mol. The van der Waals surface area contributed by atoms with Crippen LogP contribution in [0.5, 0.6) is 11.5 Å². The molecule has 0 saturated heterocycles. The first-order chi connectivity index (χ1) is 8.65. The largest absolute Gasteiger partial charge is 0.455 e. The van der Waals surface area contributed by atoms with E-state index in [0.717, 1.165) is 0 Å². The Morgan fingerprint density at radius 2 is 1.89 bits per heavy atom. The van der Waals surface area contributed by atoms with E-state index in [1.54, 1.807) is 12.1 Å². The molecule has 3 nitrogen and oxygen atoms in total. The lowest BCUT2D eigenvalue weighted by Gasteiger charge is -2.12. The van der Waals surface area contributed by atoms with E-state index in [2.05, 4.69) is 5.32 Å². The summed E-state index contributed by atoms with van der Waals surface area (Å²) in [7, 11) is 0. The minimum Gasteiger partial charge on any atom is -0.455 e. The topological polar surface area (TPSA) is 47.3 Å². The first kappa shape index (κ1) is 12.3. The Hall–Kier alpha value is -2.14. The molecular weight excluding hydrogens is 251 g/mol. The minimum atomic E-state index is -0.394. The summed E-state index contributed by atoms with van der Waals surface area (Å²) >= 11 is 4.73. The zero-order valence-electron chi connectivity index (χ0n) is 9.39. The van der Waals surface area contributed by atoms with Crippen molar-refractivity contribution < 1.29 is 9.13 Å². The number of nitrogens with two attached hydrogens (primary N) is 1. The molecule has 92 valence electrons. The smallest absolute Gasteiger partial charge is 0.168 e. The Morgan fingerprint density at radius 1 is 1.17 bits per heavy atom. The van der Waals surface area contributed by atoms with Gasteiger partial charge in [-0.2, -0.15) is 0 Å². The lowest BCUT2D eigenvalue weighted by molar-refractivity contribution is 0.483. The van der Waals surface area contributed by atoms with Gasteiger partial charge in [0, 0.05) is 6.07 Å². The number of halogens is 1. The average molecular weight is 262 g/mol. The normalized spacial score (nSPS) is 9.83. The van der Waals surface area contributed by atoms with Gasteiger partial charge in [0.25, 0.3) is 0 Å². The molecule has 0 amide bonds. The number of benzene rings is 2. The van der Waals surface area contributed by atoms with E-state index in [9.17, 15) is 4.39 Å². The lowest BCUT2D eigenvalue weighted by atomic mass is 10.2. The van der Waals surface area contributed by atoms with Gasteiger partial charge in [0.05, 0.1) is 5.69 Å². The van der Waals surface area contributed by atoms with Crippen LogP contribution in [0.1, 0.15) is 0 Å². The summed E-state index contributed by atoms with van der Waals surface area (Å²) in [6, 6.07) is 13.3. The van der Waals surface area contributed by atoms with Crippen LogP contribution in [0, 0.1) is 5.82 Å². The van der Waals surface area contributed by atoms with Crippen LogP contribution in [0.2, 0.25) is 0 Å². The van der Waals surface area contributed by atoms with Crippen molar-refractivity contribution in [2.45, 2.75) is 0 Å². The van der Waals surface area contributed by atoms with Crippen molar-refractivity contribution >= 4 is 23.0 Å². The van der Waals surface area contributed by atoms with E-state index < -0.39 is 5.82 Å². The number of nitrogens with one attached hydrogen (secondary N) is 1. The summed E-state index contributed by atoms with van der Waals surface area (Å²) in [6.45, 7) is 0. The fraction of sp³-hybridized carbons (Fsp3) is 0. The van der Waals surface area contributed by atoms with Crippen molar-refractivity contribution in [2.24, 2.45) is 5.73 Å². The van der Waals surface area contributed by atoms with E-state index >= 15 is 0 Å². The average Bonchev–Trinajstić information content (AvgIpc) is 2.33. The molecule has 0 bridgehead atoms. The van der Waals surface area contributed by atoms with Crippen molar-refractivity contribution in [1.29, 1.82) is 0 Å². The summed E-state index contributed by atoms with van der Waals surface area (Å²) in [5.41, 5.74) is 5.77. The van der Waals surface area contributed by atoms with Gasteiger partial charge in [-0.05, 0) is 36.5 Å². The van der Waals surface area contributed by atoms with E-state index in [4.69, 9.17) is 22.7 Å². The molecule has 0 aliphatic carbocycles. The van der Waals surface area contributed by atoms with Crippen LogP contribution in [0.3, 0.4) is 0 Å². The maximum atomic E-state index is 13.2. The number of anilines is 1. The number of hydrogen-bond donors (Lipinski definition) is 2. The first-order valence-electron chi connectivity index (χ1n) is 5.24. The molecule has 2 rings (SSSR count). The maximum absolute atomic E-state index is 13.2. The van der Waals surface area contributed by atoms with Crippen molar-refractivity contribution in [2.75, 3.05) is 5.32 Å².